The second kappa shape index (κ2) is 4.80. The molecule has 7 atom stereocenters. The van der Waals surface area contributed by atoms with E-state index in [0.717, 1.165) is 12.5 Å². The smallest absolute Gasteiger partial charge is 0.0915 e. The fourth-order valence-corrected chi connectivity index (χ4v) is 4.89. The molecule has 0 aromatic heterocycles. The van der Waals surface area contributed by atoms with Gasteiger partial charge in [-0.1, -0.05) is 15.9 Å². The van der Waals surface area contributed by atoms with E-state index in [4.69, 9.17) is 4.74 Å². The summed E-state index contributed by atoms with van der Waals surface area (Å²) in [4.78, 5) is 0.669. The number of piperidine rings is 1. The number of quaternary nitrogens is 1. The van der Waals surface area contributed by atoms with E-state index in [1.165, 1.54) is 19.3 Å². The van der Waals surface area contributed by atoms with Gasteiger partial charge in [0.2, 0.25) is 0 Å². The molecule has 6 unspecified atom stereocenters. The predicted molar refractivity (Wildman–Crippen MR) is 69.1 cm³/mol. The minimum Gasteiger partial charge on any atom is -0.394 e. The van der Waals surface area contributed by atoms with E-state index in [2.05, 4.69) is 28.2 Å². The first kappa shape index (κ1) is 12.4. The molecule has 1 aliphatic carbocycles. The van der Waals surface area contributed by atoms with Crippen molar-refractivity contribution in [3.05, 3.63) is 0 Å². The van der Waals surface area contributed by atoms with Gasteiger partial charge in [0.1, 0.15) is 0 Å². The Morgan fingerprint density at radius 2 is 2.12 bits per heavy atom. The third-order valence-electron chi connectivity index (χ3n) is 5.05. The summed E-state index contributed by atoms with van der Waals surface area (Å²) in [7, 11) is 0. The van der Waals surface area contributed by atoms with Crippen LogP contribution < -0.4 is 5.32 Å². The van der Waals surface area contributed by atoms with Crippen molar-refractivity contribution in [3.8, 4) is 0 Å². The fraction of sp³-hybridized carbons (Fsp3) is 1.00. The molecule has 0 amide bonds. The molecule has 2 aliphatic heterocycles. The lowest BCUT2D eigenvalue weighted by Gasteiger charge is -2.44. The molecule has 3 aliphatic rings. The minimum absolute atomic E-state index is 0.0929. The lowest BCUT2D eigenvalue weighted by molar-refractivity contribution is -0.744. The number of nitrogens with two attached hydrogens (primary N) is 1. The fourth-order valence-electron chi connectivity index (χ4n) is 4.19. The highest BCUT2D eigenvalue weighted by Gasteiger charge is 2.52. The largest absolute Gasteiger partial charge is 0.394 e. The third kappa shape index (κ3) is 2.18. The molecular formula is C13H23BrNO2+. The van der Waals surface area contributed by atoms with E-state index in [1.807, 2.05) is 0 Å². The van der Waals surface area contributed by atoms with Gasteiger partial charge in [-0.2, -0.15) is 0 Å². The number of hydrogen-bond acceptors (Lipinski definition) is 2. The molecule has 0 aromatic carbocycles. The van der Waals surface area contributed by atoms with Gasteiger partial charge in [0.25, 0.3) is 0 Å². The van der Waals surface area contributed by atoms with Gasteiger partial charge in [-0.25, -0.2) is 0 Å². The summed E-state index contributed by atoms with van der Waals surface area (Å²) in [6, 6.07) is 1.40. The van der Waals surface area contributed by atoms with Gasteiger partial charge in [-0.15, -0.1) is 0 Å². The minimum atomic E-state index is 0.0929. The van der Waals surface area contributed by atoms with Gasteiger partial charge in [-0.05, 0) is 26.2 Å². The lowest BCUT2D eigenvalue weighted by Crippen LogP contribution is -3.00. The molecule has 17 heavy (non-hydrogen) atoms. The average molecular weight is 305 g/mol. The van der Waals surface area contributed by atoms with Crippen LogP contribution in [-0.2, 0) is 4.74 Å². The topological polar surface area (TPSA) is 46.1 Å². The van der Waals surface area contributed by atoms with Crippen molar-refractivity contribution in [3.63, 3.8) is 0 Å². The third-order valence-corrected chi connectivity index (χ3v) is 5.88. The van der Waals surface area contributed by atoms with Crippen LogP contribution in [0.25, 0.3) is 0 Å². The summed E-state index contributed by atoms with van der Waals surface area (Å²) >= 11 is 3.78. The molecule has 3 fully saturated rings. The van der Waals surface area contributed by atoms with Crippen molar-refractivity contribution in [2.24, 2.45) is 11.8 Å². The van der Waals surface area contributed by atoms with Gasteiger partial charge < -0.3 is 15.2 Å². The molecule has 3 rings (SSSR count). The molecule has 3 nitrogen and oxygen atoms in total. The number of aliphatic hydroxyl groups excluding tert-OH is 1. The Balaban J connectivity index is 1.78. The van der Waals surface area contributed by atoms with Crippen LogP contribution in [0.4, 0.5) is 0 Å². The first-order valence-electron chi connectivity index (χ1n) is 6.94. The van der Waals surface area contributed by atoms with Crippen molar-refractivity contribution in [1.82, 2.24) is 0 Å². The Hall–Kier alpha value is 0.360. The number of aliphatic hydroxyl groups is 1. The Kier molecular flexibility index (Phi) is 3.50. The van der Waals surface area contributed by atoms with Crippen LogP contribution >= 0.6 is 15.9 Å². The van der Waals surface area contributed by atoms with Crippen LogP contribution in [0.3, 0.4) is 0 Å². The van der Waals surface area contributed by atoms with E-state index in [0.29, 0.717) is 28.8 Å². The van der Waals surface area contributed by atoms with Crippen molar-refractivity contribution in [2.75, 3.05) is 6.61 Å². The van der Waals surface area contributed by atoms with Crippen LogP contribution in [-0.4, -0.2) is 40.8 Å². The molecule has 0 aromatic rings. The molecule has 0 bridgehead atoms. The second-order valence-corrected chi connectivity index (χ2v) is 7.39. The zero-order valence-corrected chi connectivity index (χ0v) is 12.0. The normalized spacial score (nSPS) is 54.2. The maximum Gasteiger partial charge on any atom is 0.0915 e. The van der Waals surface area contributed by atoms with E-state index < -0.39 is 0 Å². The maximum atomic E-state index is 9.30. The Morgan fingerprint density at radius 1 is 1.29 bits per heavy atom. The van der Waals surface area contributed by atoms with Crippen molar-refractivity contribution in [1.29, 1.82) is 0 Å². The molecule has 0 spiro atoms. The van der Waals surface area contributed by atoms with Gasteiger partial charge in [0, 0.05) is 23.1 Å². The SMILES string of the molecule is CC1[NH2+]C2CCC(Br)CC2C2O[C@@H](CO)CC12. The molecule has 0 radical (unpaired) electrons. The summed E-state index contributed by atoms with van der Waals surface area (Å²) in [6.07, 6.45) is 5.39. The van der Waals surface area contributed by atoms with Crippen molar-refractivity contribution < 1.29 is 15.2 Å². The highest BCUT2D eigenvalue weighted by molar-refractivity contribution is 9.09. The molecule has 3 N–H and O–H groups in total. The molecular weight excluding hydrogens is 282 g/mol. The zero-order chi connectivity index (χ0) is 12.0. The number of rotatable bonds is 1. The summed E-state index contributed by atoms with van der Waals surface area (Å²) in [5.74, 6) is 1.33. The van der Waals surface area contributed by atoms with Crippen LogP contribution in [0, 0.1) is 11.8 Å². The van der Waals surface area contributed by atoms with Crippen molar-refractivity contribution >= 4 is 15.9 Å². The van der Waals surface area contributed by atoms with Gasteiger partial charge in [0.05, 0.1) is 30.9 Å². The highest BCUT2D eigenvalue weighted by atomic mass is 79.9. The van der Waals surface area contributed by atoms with E-state index in [-0.39, 0.29) is 12.7 Å². The molecule has 1 saturated carbocycles. The number of hydrogen-bond donors (Lipinski definition) is 2. The highest BCUT2D eigenvalue weighted by Crippen LogP contribution is 2.42. The summed E-state index contributed by atoms with van der Waals surface area (Å²) in [6.45, 7) is 2.52. The number of ether oxygens (including phenoxy) is 1. The molecule has 2 heterocycles. The van der Waals surface area contributed by atoms with E-state index >= 15 is 0 Å². The van der Waals surface area contributed by atoms with E-state index in [9.17, 15) is 5.11 Å². The quantitative estimate of drug-likeness (QED) is 0.699. The zero-order valence-electron chi connectivity index (χ0n) is 10.4. The molecule has 98 valence electrons. The Labute approximate surface area is 111 Å². The lowest BCUT2D eigenvalue weighted by atomic mass is 9.71. The Morgan fingerprint density at radius 3 is 2.88 bits per heavy atom. The van der Waals surface area contributed by atoms with Gasteiger partial charge in [-0.3, -0.25) is 0 Å². The standard InChI is InChI=1S/C13H22BrNO2/c1-7-10-5-9(6-16)17-13(10)11-4-8(14)2-3-12(11)15-7/h7-13,15-16H,2-6H2,1H3/p+1/t7?,8?,9-,10?,11?,12?,13?/m1/s1. The monoisotopic (exact) mass is 304 g/mol. The van der Waals surface area contributed by atoms with E-state index in [1.54, 1.807) is 0 Å². The summed E-state index contributed by atoms with van der Waals surface area (Å²) in [5, 5.41) is 11.9. The van der Waals surface area contributed by atoms with Crippen LogP contribution in [0.1, 0.15) is 32.6 Å². The second-order valence-electron chi connectivity index (χ2n) is 6.09. The van der Waals surface area contributed by atoms with Crippen LogP contribution in [0.15, 0.2) is 0 Å². The number of fused-ring (bicyclic) bond motifs is 3. The first-order valence-corrected chi connectivity index (χ1v) is 7.86. The predicted octanol–water partition coefficient (Wildman–Crippen LogP) is 0.650. The van der Waals surface area contributed by atoms with Gasteiger partial charge >= 0.3 is 0 Å². The molecule has 4 heteroatoms. The van der Waals surface area contributed by atoms with Gasteiger partial charge in [0.15, 0.2) is 0 Å². The van der Waals surface area contributed by atoms with Crippen LogP contribution in [0.2, 0.25) is 0 Å². The summed E-state index contributed by atoms with van der Waals surface area (Å²) in [5.41, 5.74) is 0. The first-order chi connectivity index (χ1) is 8.19. The maximum absolute atomic E-state index is 9.30. The summed E-state index contributed by atoms with van der Waals surface area (Å²) < 4.78 is 6.11. The molecule has 2 saturated heterocycles. The number of halogens is 1. The van der Waals surface area contributed by atoms with Crippen LogP contribution in [0.5, 0.6) is 0 Å². The average Bonchev–Trinajstić information content (AvgIpc) is 2.75. The number of alkyl halides is 1. The van der Waals surface area contributed by atoms with Crippen molar-refractivity contribution in [2.45, 2.75) is 61.7 Å². The Bertz CT molecular complexity index is 289.